The third-order valence-electron chi connectivity index (χ3n) is 4.67. The van der Waals surface area contributed by atoms with Crippen molar-refractivity contribution >= 4 is 33.9 Å². The molecule has 2 aromatic carbocycles. The van der Waals surface area contributed by atoms with E-state index in [1.165, 1.54) is 6.08 Å². The van der Waals surface area contributed by atoms with E-state index in [1.807, 2.05) is 36.4 Å². The molecule has 0 saturated carbocycles. The van der Waals surface area contributed by atoms with E-state index >= 15 is 0 Å². The molecule has 1 heterocycles. The number of fused-ring (bicyclic) bond motifs is 1. The molecule has 1 aliphatic heterocycles. The van der Waals surface area contributed by atoms with Crippen molar-refractivity contribution < 1.29 is 23.8 Å². The molecule has 0 aromatic heterocycles. The molecule has 0 N–H and O–H groups in total. The van der Waals surface area contributed by atoms with Crippen LogP contribution in [0.3, 0.4) is 0 Å². The fraction of sp³-hybridized carbons (Fsp3) is 0.273. The summed E-state index contributed by atoms with van der Waals surface area (Å²) in [7, 11) is 3.18. The molecule has 0 bridgehead atoms. The van der Waals surface area contributed by atoms with Crippen molar-refractivity contribution in [2.75, 3.05) is 27.4 Å². The number of ether oxygens (including phenoxy) is 3. The van der Waals surface area contributed by atoms with Crippen LogP contribution in [-0.2, 0) is 27.3 Å². The molecular weight excluding hydrogens is 438 g/mol. The van der Waals surface area contributed by atoms with Gasteiger partial charge in [0.1, 0.15) is 0 Å². The second-order valence-electron chi connectivity index (χ2n) is 6.54. The van der Waals surface area contributed by atoms with Crippen LogP contribution < -0.4 is 9.47 Å². The van der Waals surface area contributed by atoms with E-state index in [1.54, 1.807) is 25.2 Å². The summed E-state index contributed by atoms with van der Waals surface area (Å²) in [5.74, 6) is 0.527. The average Bonchev–Trinajstić information content (AvgIpc) is 2.74. The summed E-state index contributed by atoms with van der Waals surface area (Å²) in [5, 5.41) is 0. The first-order valence-electron chi connectivity index (χ1n) is 9.12. The molecule has 29 heavy (non-hydrogen) atoms. The summed E-state index contributed by atoms with van der Waals surface area (Å²) in [4.78, 5) is 26.1. The number of methoxy groups -OCH3 is 2. The molecular formula is C22H22BrNO5. The molecule has 1 aliphatic rings. The minimum absolute atomic E-state index is 0.227. The highest BCUT2D eigenvalue weighted by molar-refractivity contribution is 9.10. The largest absolute Gasteiger partial charge is 0.493 e. The fourth-order valence-corrected chi connectivity index (χ4v) is 3.56. The van der Waals surface area contributed by atoms with Crippen molar-refractivity contribution in [3.8, 4) is 11.5 Å². The van der Waals surface area contributed by atoms with E-state index in [0.29, 0.717) is 31.0 Å². The number of carbonyl (C=O) groups excluding carboxylic acids is 2. The first kappa shape index (κ1) is 20.9. The molecule has 0 atom stereocenters. The minimum atomic E-state index is -0.554. The zero-order valence-corrected chi connectivity index (χ0v) is 17.9. The Bertz CT molecular complexity index is 941. The average molecular weight is 460 g/mol. The molecule has 0 spiro atoms. The Morgan fingerprint density at radius 1 is 1.10 bits per heavy atom. The number of halogens is 1. The van der Waals surface area contributed by atoms with Gasteiger partial charge >= 0.3 is 5.97 Å². The van der Waals surface area contributed by atoms with Gasteiger partial charge < -0.3 is 19.1 Å². The molecule has 3 rings (SSSR count). The van der Waals surface area contributed by atoms with E-state index in [-0.39, 0.29) is 12.5 Å². The van der Waals surface area contributed by atoms with Crippen molar-refractivity contribution in [1.82, 2.24) is 4.90 Å². The quantitative estimate of drug-likeness (QED) is 0.487. The fourth-order valence-electron chi connectivity index (χ4n) is 3.14. The lowest BCUT2D eigenvalue weighted by molar-refractivity contribution is -0.148. The lowest BCUT2D eigenvalue weighted by Gasteiger charge is -2.29. The normalized spacial score (nSPS) is 13.1. The van der Waals surface area contributed by atoms with Crippen molar-refractivity contribution in [1.29, 1.82) is 0 Å². The van der Waals surface area contributed by atoms with Crippen LogP contribution in [0.15, 0.2) is 46.9 Å². The summed E-state index contributed by atoms with van der Waals surface area (Å²) in [6.45, 7) is 0.719. The van der Waals surface area contributed by atoms with Gasteiger partial charge in [0.25, 0.3) is 5.91 Å². The molecule has 0 saturated heterocycles. The maximum Gasteiger partial charge on any atom is 0.331 e. The van der Waals surface area contributed by atoms with Gasteiger partial charge in [-0.1, -0.05) is 28.1 Å². The van der Waals surface area contributed by atoms with Crippen molar-refractivity contribution in [2.24, 2.45) is 0 Å². The summed E-state index contributed by atoms with van der Waals surface area (Å²) in [6.07, 6.45) is 3.67. The Balaban J connectivity index is 1.56. The standard InChI is InChI=1S/C22H22BrNO5/c1-27-19-11-16-8-9-24(13-17(16)12-20(19)28-2)21(25)14-29-22(26)7-6-15-4-3-5-18(23)10-15/h3-7,10-12H,8-9,13-14H2,1-2H3/b7-6+. The SMILES string of the molecule is COc1cc2c(cc1OC)CN(C(=O)COC(=O)/C=C/c1cccc(Br)c1)CC2. The van der Waals surface area contributed by atoms with Crippen LogP contribution in [0, 0.1) is 0 Å². The monoisotopic (exact) mass is 459 g/mol. The predicted octanol–water partition coefficient (Wildman–Crippen LogP) is 3.61. The van der Waals surface area contributed by atoms with Gasteiger partial charge in [-0.25, -0.2) is 4.79 Å². The Morgan fingerprint density at radius 2 is 1.83 bits per heavy atom. The van der Waals surface area contributed by atoms with Gasteiger partial charge in [0.05, 0.1) is 14.2 Å². The number of nitrogens with zero attached hydrogens (tertiary/aromatic N) is 1. The second-order valence-corrected chi connectivity index (χ2v) is 7.45. The zero-order valence-electron chi connectivity index (χ0n) is 16.3. The van der Waals surface area contributed by atoms with Crippen LogP contribution in [0.4, 0.5) is 0 Å². The van der Waals surface area contributed by atoms with Crippen LogP contribution in [0.5, 0.6) is 11.5 Å². The molecule has 7 heteroatoms. The minimum Gasteiger partial charge on any atom is -0.493 e. The van der Waals surface area contributed by atoms with Gasteiger partial charge in [0.15, 0.2) is 18.1 Å². The number of hydrogen-bond donors (Lipinski definition) is 0. The van der Waals surface area contributed by atoms with Gasteiger partial charge in [-0.05, 0) is 53.5 Å². The maximum atomic E-state index is 12.5. The van der Waals surface area contributed by atoms with Crippen LogP contribution in [0.1, 0.15) is 16.7 Å². The van der Waals surface area contributed by atoms with Crippen molar-refractivity contribution in [2.45, 2.75) is 13.0 Å². The lowest BCUT2D eigenvalue weighted by Crippen LogP contribution is -2.38. The molecule has 1 amide bonds. The number of carbonyl (C=O) groups is 2. The Hall–Kier alpha value is -2.80. The number of rotatable bonds is 6. The first-order valence-corrected chi connectivity index (χ1v) is 9.91. The van der Waals surface area contributed by atoms with Gasteiger partial charge in [-0.15, -0.1) is 0 Å². The molecule has 2 aromatic rings. The topological polar surface area (TPSA) is 65.1 Å². The smallest absolute Gasteiger partial charge is 0.331 e. The second kappa shape index (κ2) is 9.60. The summed E-state index contributed by atoms with van der Waals surface area (Å²) in [5.41, 5.74) is 2.99. The Kier molecular flexibility index (Phi) is 6.93. The van der Waals surface area contributed by atoms with E-state index < -0.39 is 5.97 Å². The van der Waals surface area contributed by atoms with E-state index in [2.05, 4.69) is 15.9 Å². The zero-order chi connectivity index (χ0) is 20.8. The van der Waals surface area contributed by atoms with Crippen LogP contribution in [0.25, 0.3) is 6.08 Å². The highest BCUT2D eigenvalue weighted by Gasteiger charge is 2.23. The highest BCUT2D eigenvalue weighted by atomic mass is 79.9. The molecule has 152 valence electrons. The molecule has 0 unspecified atom stereocenters. The van der Waals surface area contributed by atoms with E-state index in [4.69, 9.17) is 14.2 Å². The van der Waals surface area contributed by atoms with Crippen LogP contribution in [0.2, 0.25) is 0 Å². The third kappa shape index (κ3) is 5.38. The van der Waals surface area contributed by atoms with Crippen molar-refractivity contribution in [3.63, 3.8) is 0 Å². The first-order chi connectivity index (χ1) is 14.0. The van der Waals surface area contributed by atoms with Gasteiger partial charge in [-0.3, -0.25) is 4.79 Å². The molecule has 0 fully saturated rings. The van der Waals surface area contributed by atoms with E-state index in [9.17, 15) is 9.59 Å². The number of esters is 1. The molecule has 6 nitrogen and oxygen atoms in total. The summed E-state index contributed by atoms with van der Waals surface area (Å²) in [6, 6.07) is 11.4. The maximum absolute atomic E-state index is 12.5. The predicted molar refractivity (Wildman–Crippen MR) is 113 cm³/mol. The number of amides is 1. The molecule has 0 radical (unpaired) electrons. The van der Waals surface area contributed by atoms with Gasteiger partial charge in [0.2, 0.25) is 0 Å². The lowest BCUT2D eigenvalue weighted by atomic mass is 9.99. The Labute approximate surface area is 178 Å². The van der Waals surface area contributed by atoms with Crippen molar-refractivity contribution in [3.05, 3.63) is 63.6 Å². The van der Waals surface area contributed by atoms with Gasteiger partial charge in [0, 0.05) is 23.6 Å². The van der Waals surface area contributed by atoms with Crippen LogP contribution >= 0.6 is 15.9 Å². The molecule has 0 aliphatic carbocycles. The van der Waals surface area contributed by atoms with Crippen LogP contribution in [-0.4, -0.2) is 44.1 Å². The van der Waals surface area contributed by atoms with Gasteiger partial charge in [-0.2, -0.15) is 0 Å². The van der Waals surface area contributed by atoms with E-state index in [0.717, 1.165) is 21.2 Å². The summed E-state index contributed by atoms with van der Waals surface area (Å²) >= 11 is 3.38. The summed E-state index contributed by atoms with van der Waals surface area (Å²) < 4.78 is 16.7. The Morgan fingerprint density at radius 3 is 2.52 bits per heavy atom. The number of hydrogen-bond acceptors (Lipinski definition) is 5. The number of benzene rings is 2. The third-order valence-corrected chi connectivity index (χ3v) is 5.16. The highest BCUT2D eigenvalue weighted by Crippen LogP contribution is 2.33.